The van der Waals surface area contributed by atoms with E-state index in [0.29, 0.717) is 0 Å². The average molecular weight is 291 g/mol. The fourth-order valence-electron chi connectivity index (χ4n) is 2.73. The van der Waals surface area contributed by atoms with Gasteiger partial charge in [-0.25, -0.2) is 0 Å². The van der Waals surface area contributed by atoms with Gasteiger partial charge in [-0.2, -0.15) is 0 Å². The molecular weight excluding hydrogens is 262 g/mol. The van der Waals surface area contributed by atoms with E-state index in [1.165, 1.54) is 19.3 Å². The van der Waals surface area contributed by atoms with Crippen LogP contribution in [0.2, 0.25) is 0 Å². The second kappa shape index (κ2) is 8.40. The highest BCUT2D eigenvalue weighted by atomic mass is 16.5. The van der Waals surface area contributed by atoms with E-state index in [9.17, 15) is 5.11 Å². The largest absolute Gasteiger partial charge is 0.494 e. The van der Waals surface area contributed by atoms with E-state index < -0.39 is 6.10 Å². The molecule has 0 aromatic heterocycles. The van der Waals surface area contributed by atoms with Gasteiger partial charge in [0.1, 0.15) is 5.75 Å². The first kappa shape index (κ1) is 16.3. The fourth-order valence-corrected chi connectivity index (χ4v) is 2.73. The number of aliphatic hydroxyl groups is 1. The van der Waals surface area contributed by atoms with Crippen molar-refractivity contribution in [1.82, 2.24) is 4.90 Å². The van der Waals surface area contributed by atoms with E-state index in [1.54, 1.807) is 0 Å². The number of nitrogens with zero attached hydrogens (tertiary/aromatic N) is 1. The van der Waals surface area contributed by atoms with Gasteiger partial charge in [0.25, 0.3) is 0 Å². The molecule has 0 spiro atoms. The van der Waals surface area contributed by atoms with Gasteiger partial charge in [0.15, 0.2) is 0 Å². The molecule has 2 rings (SSSR count). The summed E-state index contributed by atoms with van der Waals surface area (Å²) >= 11 is 0. The van der Waals surface area contributed by atoms with Crippen molar-refractivity contribution in [2.75, 3.05) is 26.2 Å². The Bertz CT molecular complexity index is 400. The van der Waals surface area contributed by atoms with E-state index in [4.69, 9.17) is 4.74 Å². The van der Waals surface area contributed by atoms with Crippen LogP contribution < -0.4 is 4.74 Å². The highest BCUT2D eigenvalue weighted by Gasteiger charge is 2.21. The van der Waals surface area contributed by atoms with Gasteiger partial charge in [-0.15, -0.1) is 0 Å². The molecule has 1 aliphatic rings. The average Bonchev–Trinajstić information content (AvgIpc) is 2.47. The third-order valence-corrected chi connectivity index (χ3v) is 4.36. The normalized spacial score (nSPS) is 16.8. The van der Waals surface area contributed by atoms with Gasteiger partial charge < -0.3 is 14.7 Å². The van der Waals surface area contributed by atoms with Gasteiger partial charge in [0, 0.05) is 13.1 Å². The molecule has 1 unspecified atom stereocenters. The summed E-state index contributed by atoms with van der Waals surface area (Å²) in [5, 5.41) is 10.4. The molecule has 21 heavy (non-hydrogen) atoms. The van der Waals surface area contributed by atoms with Gasteiger partial charge in [-0.1, -0.05) is 32.4 Å². The zero-order valence-electron chi connectivity index (χ0n) is 13.4. The van der Waals surface area contributed by atoms with Crippen molar-refractivity contribution in [1.29, 1.82) is 0 Å². The number of aliphatic hydroxyl groups excluding tert-OH is 1. The Morgan fingerprint density at radius 3 is 2.48 bits per heavy atom. The summed E-state index contributed by atoms with van der Waals surface area (Å²) < 4.78 is 5.57. The quantitative estimate of drug-likeness (QED) is 0.754. The minimum atomic E-state index is -0.412. The van der Waals surface area contributed by atoms with Gasteiger partial charge in [-0.05, 0) is 49.4 Å². The Balaban J connectivity index is 1.84. The molecular formula is C18H29NO2. The van der Waals surface area contributed by atoms with Crippen molar-refractivity contribution in [3.05, 3.63) is 29.8 Å². The molecule has 3 nitrogen and oxygen atoms in total. The monoisotopic (exact) mass is 291 g/mol. The Kier molecular flexibility index (Phi) is 6.52. The molecule has 1 aromatic carbocycles. The summed E-state index contributed by atoms with van der Waals surface area (Å²) in [6.07, 6.45) is 4.69. The third-order valence-electron chi connectivity index (χ3n) is 4.36. The smallest absolute Gasteiger partial charge is 0.119 e. The summed E-state index contributed by atoms with van der Waals surface area (Å²) in [5.41, 5.74) is 0.978. The first-order valence-electron chi connectivity index (χ1n) is 8.36. The number of hydrogen-bond donors (Lipinski definition) is 1. The second-order valence-electron chi connectivity index (χ2n) is 6.08. The van der Waals surface area contributed by atoms with E-state index in [-0.39, 0.29) is 0 Å². The number of rotatable bonds is 9. The van der Waals surface area contributed by atoms with Crippen LogP contribution in [0.1, 0.15) is 51.2 Å². The Morgan fingerprint density at radius 1 is 1.24 bits per heavy atom. The molecule has 1 saturated carbocycles. The summed E-state index contributed by atoms with van der Waals surface area (Å²) in [5.74, 6) is 1.73. The third kappa shape index (κ3) is 5.01. The lowest BCUT2D eigenvalue weighted by Gasteiger charge is -2.32. The zero-order chi connectivity index (χ0) is 15.1. The molecule has 1 atom stereocenters. The van der Waals surface area contributed by atoms with Crippen LogP contribution in [0.15, 0.2) is 24.3 Å². The summed E-state index contributed by atoms with van der Waals surface area (Å²) in [6.45, 7) is 7.87. The molecule has 0 aliphatic heterocycles. The van der Waals surface area contributed by atoms with Crippen LogP contribution in [0.4, 0.5) is 0 Å². The van der Waals surface area contributed by atoms with Crippen LogP contribution >= 0.6 is 0 Å². The van der Waals surface area contributed by atoms with Crippen molar-refractivity contribution in [2.24, 2.45) is 5.92 Å². The maximum Gasteiger partial charge on any atom is 0.119 e. The molecule has 3 heteroatoms. The standard InChI is InChI=1S/C18H29NO2/c1-3-12-21-17-10-8-16(9-11-17)18(20)14-19(4-2)13-15-6-5-7-15/h8-11,15,18,20H,3-7,12-14H2,1-2H3. The number of likely N-dealkylation sites (N-methyl/N-ethyl adjacent to an activating group) is 1. The van der Waals surface area contributed by atoms with Crippen LogP contribution in [-0.2, 0) is 0 Å². The first-order chi connectivity index (χ1) is 10.2. The van der Waals surface area contributed by atoms with Crippen molar-refractivity contribution < 1.29 is 9.84 Å². The predicted octanol–water partition coefficient (Wildman–Crippen LogP) is 3.63. The van der Waals surface area contributed by atoms with Crippen molar-refractivity contribution in [3.8, 4) is 5.75 Å². The number of hydrogen-bond acceptors (Lipinski definition) is 3. The minimum absolute atomic E-state index is 0.412. The van der Waals surface area contributed by atoms with Crippen LogP contribution in [0.3, 0.4) is 0 Å². The molecule has 0 amide bonds. The van der Waals surface area contributed by atoms with Gasteiger partial charge in [-0.3, -0.25) is 0 Å². The van der Waals surface area contributed by atoms with Gasteiger partial charge >= 0.3 is 0 Å². The lowest BCUT2D eigenvalue weighted by atomic mass is 9.85. The van der Waals surface area contributed by atoms with E-state index in [1.807, 2.05) is 24.3 Å². The summed E-state index contributed by atoms with van der Waals surface area (Å²) in [7, 11) is 0. The lowest BCUT2D eigenvalue weighted by molar-refractivity contribution is 0.0941. The number of benzene rings is 1. The van der Waals surface area contributed by atoms with Crippen LogP contribution in [0, 0.1) is 5.92 Å². The second-order valence-corrected chi connectivity index (χ2v) is 6.08. The van der Waals surface area contributed by atoms with Gasteiger partial charge in [0.05, 0.1) is 12.7 Å². The highest BCUT2D eigenvalue weighted by Crippen LogP contribution is 2.28. The molecule has 0 saturated heterocycles. The molecule has 1 aromatic rings. The highest BCUT2D eigenvalue weighted by molar-refractivity contribution is 5.28. The Hall–Kier alpha value is -1.06. The van der Waals surface area contributed by atoms with Crippen LogP contribution in [0.5, 0.6) is 5.75 Å². The minimum Gasteiger partial charge on any atom is -0.494 e. The fraction of sp³-hybridized carbons (Fsp3) is 0.667. The van der Waals surface area contributed by atoms with Crippen molar-refractivity contribution >= 4 is 0 Å². The van der Waals surface area contributed by atoms with E-state index >= 15 is 0 Å². The van der Waals surface area contributed by atoms with Crippen molar-refractivity contribution in [2.45, 2.75) is 45.6 Å². The molecule has 118 valence electrons. The zero-order valence-corrected chi connectivity index (χ0v) is 13.4. The predicted molar refractivity (Wildman–Crippen MR) is 86.6 cm³/mol. The summed E-state index contributed by atoms with van der Waals surface area (Å²) in [4.78, 5) is 2.37. The van der Waals surface area contributed by atoms with Gasteiger partial charge in [0.2, 0.25) is 0 Å². The summed E-state index contributed by atoms with van der Waals surface area (Å²) in [6, 6.07) is 7.87. The molecule has 0 bridgehead atoms. The Labute approximate surface area is 128 Å². The van der Waals surface area contributed by atoms with Crippen LogP contribution in [0.25, 0.3) is 0 Å². The topological polar surface area (TPSA) is 32.7 Å². The molecule has 1 aliphatic carbocycles. The van der Waals surface area contributed by atoms with Crippen LogP contribution in [-0.4, -0.2) is 36.2 Å². The Morgan fingerprint density at radius 2 is 1.95 bits per heavy atom. The lowest BCUT2D eigenvalue weighted by Crippen LogP contribution is -2.35. The van der Waals surface area contributed by atoms with E-state index in [2.05, 4.69) is 18.7 Å². The molecule has 1 N–H and O–H groups in total. The first-order valence-corrected chi connectivity index (χ1v) is 8.36. The molecule has 0 heterocycles. The molecule has 0 radical (unpaired) electrons. The maximum absolute atomic E-state index is 10.4. The SMILES string of the molecule is CCCOc1ccc(C(O)CN(CC)CC2CCC2)cc1. The maximum atomic E-state index is 10.4. The van der Waals surface area contributed by atoms with E-state index in [0.717, 1.165) is 49.9 Å². The molecule has 1 fully saturated rings. The van der Waals surface area contributed by atoms with Crippen molar-refractivity contribution in [3.63, 3.8) is 0 Å². The number of ether oxygens (including phenoxy) is 1.